The van der Waals surface area contributed by atoms with Crippen molar-refractivity contribution in [3.05, 3.63) is 39.8 Å². The van der Waals surface area contributed by atoms with Crippen LogP contribution in [0, 0.1) is 10.1 Å². The monoisotopic (exact) mass is 323 g/mol. The van der Waals surface area contributed by atoms with E-state index >= 15 is 0 Å². The first kappa shape index (κ1) is 15.5. The summed E-state index contributed by atoms with van der Waals surface area (Å²) in [6.07, 6.45) is 1.86. The number of benzene rings is 1. The van der Waals surface area contributed by atoms with Gasteiger partial charge in [0.1, 0.15) is 0 Å². The molecule has 1 N–H and O–H groups in total. The lowest BCUT2D eigenvalue weighted by atomic mass is 10.1. The lowest BCUT2D eigenvalue weighted by molar-refractivity contribution is -0.384. The van der Waals surface area contributed by atoms with Gasteiger partial charge in [0.25, 0.3) is 5.69 Å². The summed E-state index contributed by atoms with van der Waals surface area (Å²) >= 11 is 2.74. The van der Waals surface area contributed by atoms with E-state index in [1.54, 1.807) is 17.5 Å². The Balaban J connectivity index is 2.18. The standard InChI is InChI=1S/C13H13N3O3S2/c1-8(20-2)12(17)15-13-14-11(7-21-13)9-4-3-5-10(6-9)16(18)19/h3-8H,1-2H3,(H,14,15,17). The van der Waals surface area contributed by atoms with Gasteiger partial charge in [0.05, 0.1) is 15.9 Å². The molecule has 8 heteroatoms. The fourth-order valence-electron chi connectivity index (χ4n) is 1.56. The number of hydrogen-bond acceptors (Lipinski definition) is 6. The third-order valence-corrected chi connectivity index (χ3v) is 4.49. The van der Waals surface area contributed by atoms with Crippen molar-refractivity contribution in [2.75, 3.05) is 11.6 Å². The summed E-state index contributed by atoms with van der Waals surface area (Å²) in [5.41, 5.74) is 1.27. The van der Waals surface area contributed by atoms with Crippen LogP contribution in [-0.4, -0.2) is 27.3 Å². The predicted octanol–water partition coefficient (Wildman–Crippen LogP) is 3.41. The lowest BCUT2D eigenvalue weighted by Gasteiger charge is -2.06. The van der Waals surface area contributed by atoms with Crippen LogP contribution >= 0.6 is 23.1 Å². The molecule has 0 aliphatic heterocycles. The predicted molar refractivity (Wildman–Crippen MR) is 85.8 cm³/mol. The van der Waals surface area contributed by atoms with E-state index in [0.717, 1.165) is 0 Å². The molecule has 2 rings (SSSR count). The second-order valence-electron chi connectivity index (χ2n) is 4.21. The van der Waals surface area contributed by atoms with Crippen molar-refractivity contribution < 1.29 is 9.72 Å². The Labute approximate surface area is 129 Å². The van der Waals surface area contributed by atoms with Gasteiger partial charge in [-0.2, -0.15) is 11.8 Å². The summed E-state index contributed by atoms with van der Waals surface area (Å²) in [5, 5.41) is 15.6. The van der Waals surface area contributed by atoms with Crippen molar-refractivity contribution in [2.45, 2.75) is 12.2 Å². The highest BCUT2D eigenvalue weighted by Gasteiger charge is 2.14. The zero-order chi connectivity index (χ0) is 15.4. The number of nitro benzene ring substituents is 1. The fraction of sp³-hybridized carbons (Fsp3) is 0.231. The van der Waals surface area contributed by atoms with E-state index in [9.17, 15) is 14.9 Å². The van der Waals surface area contributed by atoms with Crippen LogP contribution in [-0.2, 0) is 4.79 Å². The minimum Gasteiger partial charge on any atom is -0.301 e. The number of thioether (sulfide) groups is 1. The molecule has 6 nitrogen and oxygen atoms in total. The largest absolute Gasteiger partial charge is 0.301 e. The van der Waals surface area contributed by atoms with Crippen molar-refractivity contribution in [2.24, 2.45) is 0 Å². The van der Waals surface area contributed by atoms with E-state index in [0.29, 0.717) is 16.4 Å². The van der Waals surface area contributed by atoms with Crippen LogP contribution in [0.15, 0.2) is 29.6 Å². The molecule has 2 aromatic rings. The van der Waals surface area contributed by atoms with Crippen molar-refractivity contribution >= 4 is 39.8 Å². The van der Waals surface area contributed by atoms with Gasteiger partial charge >= 0.3 is 0 Å². The van der Waals surface area contributed by atoms with Crippen molar-refractivity contribution in [1.29, 1.82) is 0 Å². The molecule has 110 valence electrons. The van der Waals surface area contributed by atoms with E-state index in [2.05, 4.69) is 10.3 Å². The molecule has 0 fully saturated rings. The molecule has 1 amide bonds. The van der Waals surface area contributed by atoms with Gasteiger partial charge in [-0.05, 0) is 13.2 Å². The normalized spacial score (nSPS) is 11.9. The number of aromatic nitrogens is 1. The van der Waals surface area contributed by atoms with Crippen molar-refractivity contribution in [3.8, 4) is 11.3 Å². The van der Waals surface area contributed by atoms with Gasteiger partial charge in [-0.25, -0.2) is 4.98 Å². The number of nitrogens with one attached hydrogen (secondary N) is 1. The molecule has 0 spiro atoms. The number of carbonyl (C=O) groups excluding carboxylic acids is 1. The Morgan fingerprint density at radius 3 is 2.95 bits per heavy atom. The molecule has 1 aromatic carbocycles. The van der Waals surface area contributed by atoms with Gasteiger partial charge in [0.2, 0.25) is 5.91 Å². The number of carbonyl (C=O) groups is 1. The third-order valence-electron chi connectivity index (χ3n) is 2.81. The molecule has 1 atom stereocenters. The molecular weight excluding hydrogens is 310 g/mol. The van der Waals surface area contributed by atoms with Gasteiger partial charge in [-0.15, -0.1) is 11.3 Å². The second-order valence-corrected chi connectivity index (χ2v) is 6.25. The fourth-order valence-corrected chi connectivity index (χ4v) is 2.55. The van der Waals surface area contributed by atoms with Gasteiger partial charge < -0.3 is 5.32 Å². The Bertz CT molecular complexity index is 672. The molecule has 0 saturated carbocycles. The highest BCUT2D eigenvalue weighted by Crippen LogP contribution is 2.27. The van der Waals surface area contributed by atoms with Gasteiger partial charge in [0, 0.05) is 23.1 Å². The molecule has 21 heavy (non-hydrogen) atoms. The molecule has 0 saturated heterocycles. The van der Waals surface area contributed by atoms with Crippen molar-refractivity contribution in [3.63, 3.8) is 0 Å². The van der Waals surface area contributed by atoms with Crippen molar-refractivity contribution in [1.82, 2.24) is 4.98 Å². The van der Waals surface area contributed by atoms with Crippen LogP contribution in [0.5, 0.6) is 0 Å². The maximum absolute atomic E-state index is 11.8. The second kappa shape index (κ2) is 6.68. The number of nitrogens with zero attached hydrogens (tertiary/aromatic N) is 2. The SMILES string of the molecule is CSC(C)C(=O)Nc1nc(-c2cccc([N+](=O)[O-])c2)cs1. The molecular formula is C13H13N3O3S2. The molecule has 0 aliphatic rings. The molecule has 1 aromatic heterocycles. The van der Waals surface area contributed by atoms with E-state index in [1.165, 1.54) is 35.2 Å². The lowest BCUT2D eigenvalue weighted by Crippen LogP contribution is -2.21. The number of rotatable bonds is 5. The van der Waals surface area contributed by atoms with E-state index in [-0.39, 0.29) is 16.8 Å². The Morgan fingerprint density at radius 2 is 2.29 bits per heavy atom. The minimum atomic E-state index is -0.446. The third kappa shape index (κ3) is 3.79. The highest BCUT2D eigenvalue weighted by atomic mass is 32.2. The summed E-state index contributed by atoms with van der Waals surface area (Å²) in [5.74, 6) is -0.109. The minimum absolute atomic E-state index is 0.0158. The summed E-state index contributed by atoms with van der Waals surface area (Å²) in [6, 6.07) is 6.25. The first-order valence-electron chi connectivity index (χ1n) is 6.05. The zero-order valence-electron chi connectivity index (χ0n) is 11.4. The maximum atomic E-state index is 11.8. The van der Waals surface area contributed by atoms with Crippen LogP contribution < -0.4 is 5.32 Å². The summed E-state index contributed by atoms with van der Waals surface area (Å²) in [6.45, 7) is 1.81. The molecule has 1 unspecified atom stereocenters. The average molecular weight is 323 g/mol. The van der Waals surface area contributed by atoms with E-state index in [4.69, 9.17) is 0 Å². The zero-order valence-corrected chi connectivity index (χ0v) is 13.0. The van der Waals surface area contributed by atoms with Crippen LogP contribution in [0.2, 0.25) is 0 Å². The number of thiazole rings is 1. The highest BCUT2D eigenvalue weighted by molar-refractivity contribution is 7.99. The van der Waals surface area contributed by atoms with Crippen LogP contribution in [0.3, 0.4) is 0 Å². The first-order valence-corrected chi connectivity index (χ1v) is 8.22. The number of nitro groups is 1. The van der Waals surface area contributed by atoms with Crippen LogP contribution in [0.25, 0.3) is 11.3 Å². The molecule has 1 heterocycles. The first-order chi connectivity index (χ1) is 10.0. The maximum Gasteiger partial charge on any atom is 0.270 e. The Kier molecular flexibility index (Phi) is 4.92. The molecule has 0 bridgehead atoms. The van der Waals surface area contributed by atoms with Gasteiger partial charge in [-0.1, -0.05) is 12.1 Å². The number of amides is 1. The molecule has 0 aliphatic carbocycles. The number of anilines is 1. The smallest absolute Gasteiger partial charge is 0.270 e. The summed E-state index contributed by atoms with van der Waals surface area (Å²) in [7, 11) is 0. The molecule has 0 radical (unpaired) electrons. The van der Waals surface area contributed by atoms with Crippen LogP contribution in [0.4, 0.5) is 10.8 Å². The van der Waals surface area contributed by atoms with E-state index in [1.807, 2.05) is 13.2 Å². The summed E-state index contributed by atoms with van der Waals surface area (Å²) in [4.78, 5) is 26.4. The summed E-state index contributed by atoms with van der Waals surface area (Å²) < 4.78 is 0. The quantitative estimate of drug-likeness (QED) is 0.673. The Morgan fingerprint density at radius 1 is 1.52 bits per heavy atom. The van der Waals surface area contributed by atoms with Gasteiger partial charge in [-0.3, -0.25) is 14.9 Å². The number of non-ortho nitro benzene ring substituents is 1. The average Bonchev–Trinajstić information content (AvgIpc) is 2.95. The Hall–Kier alpha value is -1.93. The van der Waals surface area contributed by atoms with E-state index < -0.39 is 4.92 Å². The number of hydrogen-bond donors (Lipinski definition) is 1. The van der Waals surface area contributed by atoms with Gasteiger partial charge in [0.15, 0.2) is 5.13 Å². The topological polar surface area (TPSA) is 85.1 Å². The van der Waals surface area contributed by atoms with Crippen LogP contribution in [0.1, 0.15) is 6.92 Å².